The number of phenols is 1. The maximum atomic E-state index is 15.5. The molecule has 10 rings (SSSR count). The molecule has 4 amide bonds. The van der Waals surface area contributed by atoms with Crippen molar-refractivity contribution in [2.75, 3.05) is 16.4 Å². The maximum Gasteiger partial charge on any atom is 0.246 e. The summed E-state index contributed by atoms with van der Waals surface area (Å²) in [6.07, 6.45) is 2.43. The predicted molar refractivity (Wildman–Crippen MR) is 217 cm³/mol. The number of amides is 4. The van der Waals surface area contributed by atoms with Crippen LogP contribution in [0.3, 0.4) is 0 Å². The van der Waals surface area contributed by atoms with Crippen LogP contribution in [0, 0.1) is 23.7 Å². The zero-order valence-electron chi connectivity index (χ0n) is 31.2. The van der Waals surface area contributed by atoms with Gasteiger partial charge in [-0.05, 0) is 104 Å². The van der Waals surface area contributed by atoms with Gasteiger partial charge in [0.2, 0.25) is 29.5 Å². The van der Waals surface area contributed by atoms with Crippen molar-refractivity contribution in [3.8, 4) is 23.0 Å². The molecule has 6 atom stereocenters. The van der Waals surface area contributed by atoms with Gasteiger partial charge in [-0.15, -0.1) is 0 Å². The lowest BCUT2D eigenvalue weighted by Crippen LogP contribution is -2.53. The highest BCUT2D eigenvalue weighted by Gasteiger charge is 2.70. The number of carbonyl (C=O) groups is 4. The van der Waals surface area contributed by atoms with Gasteiger partial charge in [0, 0.05) is 16.5 Å². The van der Waals surface area contributed by atoms with E-state index >= 15 is 9.59 Å². The van der Waals surface area contributed by atoms with Crippen molar-refractivity contribution >= 4 is 57.7 Å². The first kappa shape index (κ1) is 35.9. The number of imide groups is 2. The fraction of sp³-hybridized carbons (Fsp3) is 0.213. The van der Waals surface area contributed by atoms with E-state index in [0.717, 1.165) is 11.1 Å². The van der Waals surface area contributed by atoms with E-state index in [4.69, 9.17) is 20.8 Å². The fourth-order valence-electron chi connectivity index (χ4n) is 10.1. The minimum atomic E-state index is -1.46. The molecule has 2 aliphatic heterocycles. The average Bonchev–Trinajstić information content (AvgIpc) is 3.86. The number of hydrogen-bond donors (Lipinski definition) is 1. The summed E-state index contributed by atoms with van der Waals surface area (Å²) < 4.78 is 11.8. The number of allylic oxidation sites excluding steroid dienone is 2. The van der Waals surface area contributed by atoms with Crippen LogP contribution in [0.4, 0.5) is 11.4 Å². The lowest BCUT2D eigenvalue weighted by Gasteiger charge is -2.50. The Morgan fingerprint density at radius 3 is 2.34 bits per heavy atom. The lowest BCUT2D eigenvalue weighted by atomic mass is 9.49. The highest BCUT2D eigenvalue weighted by Crippen LogP contribution is 2.65. The molecule has 288 valence electrons. The SMILES string of the molecule is CCOc1cc(C2C3=CCC4C(=O)N(c5ccc(-c6nc7ccccc7o6)cc5)C(=O)C4C3CC3C(=O)N(c4cccc(Cl)c4)C(=O)C32c2ccccc2)ccc1O. The Kier molecular flexibility index (Phi) is 8.38. The van der Waals surface area contributed by atoms with Crippen LogP contribution < -0.4 is 14.5 Å². The molecule has 3 fully saturated rings. The minimum absolute atomic E-state index is 0.0651. The Bertz CT molecular complexity index is 2680. The summed E-state index contributed by atoms with van der Waals surface area (Å²) in [5, 5.41) is 11.2. The summed E-state index contributed by atoms with van der Waals surface area (Å²) in [5.41, 5.74) is 3.48. The third kappa shape index (κ3) is 5.20. The van der Waals surface area contributed by atoms with Crippen LogP contribution in [0.25, 0.3) is 22.6 Å². The smallest absolute Gasteiger partial charge is 0.246 e. The second kappa shape index (κ2) is 13.6. The summed E-state index contributed by atoms with van der Waals surface area (Å²) in [5.74, 6) is -4.60. The van der Waals surface area contributed by atoms with E-state index in [1.807, 2.05) is 67.6 Å². The van der Waals surface area contributed by atoms with Crippen LogP contribution in [0.5, 0.6) is 11.5 Å². The minimum Gasteiger partial charge on any atom is -0.504 e. The Morgan fingerprint density at radius 1 is 0.810 bits per heavy atom. The standard InChI is InChI=1S/C47H36ClN3O7/c1-2-57-39-23-27(17-22-37(39)52)41-32-20-21-33-40(45(55)50(43(33)53)30-18-15-26(16-19-30)42-49-36-13-6-7-14-38(36)58-42)34(32)25-35-44(54)51(31-12-8-11-29(48)24-31)46(56)47(35,41)28-9-4-3-5-10-28/h3-20,22-24,33-35,40-41,52H,2,21,25H2,1H3. The largest absolute Gasteiger partial charge is 0.504 e. The Morgan fingerprint density at radius 2 is 1.59 bits per heavy atom. The average molecular weight is 790 g/mol. The van der Waals surface area contributed by atoms with Crippen molar-refractivity contribution < 1.29 is 33.4 Å². The highest BCUT2D eigenvalue weighted by molar-refractivity contribution is 6.32. The number of aromatic hydroxyl groups is 1. The topological polar surface area (TPSA) is 130 Å². The Hall–Kier alpha value is -6.52. The van der Waals surface area contributed by atoms with Crippen LogP contribution in [-0.2, 0) is 24.6 Å². The van der Waals surface area contributed by atoms with Gasteiger partial charge in [0.05, 0.1) is 41.2 Å². The van der Waals surface area contributed by atoms with Crippen molar-refractivity contribution in [2.24, 2.45) is 23.7 Å². The predicted octanol–water partition coefficient (Wildman–Crippen LogP) is 8.62. The van der Waals surface area contributed by atoms with E-state index in [-0.39, 0.29) is 42.8 Å². The normalized spacial score (nSPS) is 25.1. The number of hydrogen-bond acceptors (Lipinski definition) is 8. The van der Waals surface area contributed by atoms with E-state index in [9.17, 15) is 14.7 Å². The second-order valence-corrected chi connectivity index (χ2v) is 15.7. The van der Waals surface area contributed by atoms with Gasteiger partial charge in [0.25, 0.3) is 0 Å². The van der Waals surface area contributed by atoms with Crippen molar-refractivity contribution in [2.45, 2.75) is 31.1 Å². The molecule has 6 aromatic rings. The summed E-state index contributed by atoms with van der Waals surface area (Å²) in [4.78, 5) is 66.8. The van der Waals surface area contributed by atoms with Crippen molar-refractivity contribution in [3.63, 3.8) is 0 Å². The first-order chi connectivity index (χ1) is 28.2. The van der Waals surface area contributed by atoms with Crippen molar-refractivity contribution in [3.05, 3.63) is 149 Å². The van der Waals surface area contributed by atoms with E-state index in [1.54, 1.807) is 60.7 Å². The molecule has 2 aliphatic carbocycles. The number of nitrogens with zero attached hydrogens (tertiary/aromatic N) is 3. The summed E-state index contributed by atoms with van der Waals surface area (Å²) in [7, 11) is 0. The molecule has 3 heterocycles. The number of benzene rings is 5. The second-order valence-electron chi connectivity index (χ2n) is 15.3. The molecule has 2 saturated heterocycles. The molecular formula is C47H36ClN3O7. The van der Waals surface area contributed by atoms with Crippen molar-refractivity contribution in [1.29, 1.82) is 0 Å². The monoisotopic (exact) mass is 789 g/mol. The van der Waals surface area contributed by atoms with Gasteiger partial charge in [0.15, 0.2) is 17.1 Å². The van der Waals surface area contributed by atoms with Crippen molar-refractivity contribution in [1.82, 2.24) is 4.98 Å². The maximum absolute atomic E-state index is 15.5. The number of fused-ring (bicyclic) bond motifs is 5. The molecule has 6 unspecified atom stereocenters. The number of ether oxygens (including phenoxy) is 1. The van der Waals surface area contributed by atoms with Crippen LogP contribution >= 0.6 is 11.6 Å². The van der Waals surface area contributed by atoms with E-state index < -0.39 is 46.8 Å². The first-order valence-corrected chi connectivity index (χ1v) is 19.8. The zero-order chi connectivity index (χ0) is 39.9. The highest BCUT2D eigenvalue weighted by atomic mass is 35.5. The third-order valence-corrected chi connectivity index (χ3v) is 12.7. The number of anilines is 2. The Labute approximate surface area is 338 Å². The number of halogens is 1. The number of phenolic OH excluding ortho intramolecular Hbond substituents is 1. The van der Waals surface area contributed by atoms with E-state index in [2.05, 4.69) is 4.98 Å². The van der Waals surface area contributed by atoms with E-state index in [1.165, 1.54) is 15.9 Å². The van der Waals surface area contributed by atoms with Gasteiger partial charge in [-0.3, -0.25) is 24.1 Å². The fourth-order valence-corrected chi connectivity index (χ4v) is 10.3. The van der Waals surface area contributed by atoms with Gasteiger partial charge in [-0.1, -0.05) is 77.8 Å². The molecule has 5 aromatic carbocycles. The molecular weight excluding hydrogens is 754 g/mol. The van der Waals surface area contributed by atoms with Gasteiger partial charge >= 0.3 is 0 Å². The molecule has 0 bridgehead atoms. The van der Waals surface area contributed by atoms with Crippen LogP contribution in [0.15, 0.2) is 137 Å². The third-order valence-electron chi connectivity index (χ3n) is 12.5. The Balaban J connectivity index is 1.10. The lowest BCUT2D eigenvalue weighted by molar-refractivity contribution is -0.127. The number of carbonyl (C=O) groups excluding carboxylic acids is 4. The molecule has 1 saturated carbocycles. The van der Waals surface area contributed by atoms with Gasteiger partial charge in [0.1, 0.15) is 5.52 Å². The zero-order valence-corrected chi connectivity index (χ0v) is 32.0. The molecule has 0 spiro atoms. The summed E-state index contributed by atoms with van der Waals surface area (Å²) in [6.45, 7) is 2.10. The number of oxazole rings is 1. The summed E-state index contributed by atoms with van der Waals surface area (Å²) >= 11 is 6.44. The van der Waals surface area contributed by atoms with Crippen LogP contribution in [-0.4, -0.2) is 40.3 Å². The van der Waals surface area contributed by atoms with Crippen LogP contribution in [0.1, 0.15) is 36.8 Å². The number of rotatable bonds is 7. The van der Waals surface area contributed by atoms with Crippen LogP contribution in [0.2, 0.25) is 5.02 Å². The van der Waals surface area contributed by atoms with Gasteiger partial charge in [-0.2, -0.15) is 0 Å². The number of para-hydroxylation sites is 2. The molecule has 4 aliphatic rings. The van der Waals surface area contributed by atoms with E-state index in [0.29, 0.717) is 44.6 Å². The van der Waals surface area contributed by atoms with Gasteiger partial charge in [-0.25, -0.2) is 9.88 Å². The quantitative estimate of drug-likeness (QED) is 0.126. The molecule has 11 heteroatoms. The molecule has 0 radical (unpaired) electrons. The first-order valence-electron chi connectivity index (χ1n) is 19.4. The molecule has 58 heavy (non-hydrogen) atoms. The molecule has 1 aromatic heterocycles. The number of aromatic nitrogens is 1. The summed E-state index contributed by atoms with van der Waals surface area (Å²) in [6, 6.07) is 35.5. The molecule has 1 N–H and O–H groups in total. The molecule has 10 nitrogen and oxygen atoms in total. The van der Waals surface area contributed by atoms with Gasteiger partial charge < -0.3 is 14.3 Å².